The molecule has 0 bridgehead atoms. The van der Waals surface area contributed by atoms with Gasteiger partial charge in [-0.2, -0.15) is 0 Å². The van der Waals surface area contributed by atoms with Crippen LogP contribution in [-0.4, -0.2) is 32.5 Å². The number of aryl methyl sites for hydroxylation is 3. The van der Waals surface area contributed by atoms with Crippen LogP contribution < -0.4 is 5.48 Å². The lowest BCUT2D eigenvalue weighted by atomic mass is 10.0. The molecule has 0 aliphatic heterocycles. The topological polar surface area (TPSA) is 84.2 Å². The van der Waals surface area contributed by atoms with E-state index in [1.165, 1.54) is 45.1 Å². The average molecular weight is 503 g/mol. The summed E-state index contributed by atoms with van der Waals surface area (Å²) in [5.41, 5.74) is 11.4. The van der Waals surface area contributed by atoms with Crippen molar-refractivity contribution in [3.8, 4) is 0 Å². The average Bonchev–Trinajstić information content (AvgIpc) is 3.56. The molecule has 0 saturated carbocycles. The number of hydroxylamine groups is 1. The number of nitrogens with one attached hydrogen (secondary N) is 3. The van der Waals surface area contributed by atoms with E-state index in [0.717, 1.165) is 48.5 Å². The Balaban J connectivity index is 1.40. The van der Waals surface area contributed by atoms with Crippen LogP contribution in [0.2, 0.25) is 5.02 Å². The number of carbonyl (C=O) groups is 1. The number of aromatic nitrogens is 2. The Bertz CT molecular complexity index is 1430. The minimum absolute atomic E-state index is 0.327. The van der Waals surface area contributed by atoms with Crippen molar-refractivity contribution in [3.63, 3.8) is 0 Å². The van der Waals surface area contributed by atoms with Crippen LogP contribution in [0.4, 0.5) is 0 Å². The number of carbonyl (C=O) groups excluding carboxylic acids is 1. The number of nitrogens with zero attached hydrogens (tertiary/aromatic N) is 1. The molecule has 2 aromatic heterocycles. The zero-order valence-corrected chi connectivity index (χ0v) is 21.3. The van der Waals surface area contributed by atoms with E-state index in [2.05, 4.69) is 59.2 Å². The normalized spacial score (nSPS) is 15.3. The SMILES string of the molecule is Cc1cc(CN(CCc2c[nH]c3cc(Cl)ccc23)C2CCc3cc(/C=C/C(=O)NO)ccc32)c(C)[nH]1. The maximum atomic E-state index is 11.4. The number of aromatic amines is 2. The first kappa shape index (κ1) is 24.4. The van der Waals surface area contributed by atoms with Gasteiger partial charge in [-0.05, 0) is 85.2 Å². The Morgan fingerprint density at radius 3 is 2.83 bits per heavy atom. The van der Waals surface area contributed by atoms with Gasteiger partial charge < -0.3 is 9.97 Å². The zero-order chi connectivity index (χ0) is 25.2. The molecule has 0 fully saturated rings. The van der Waals surface area contributed by atoms with Crippen LogP contribution in [0, 0.1) is 13.8 Å². The first-order valence-electron chi connectivity index (χ1n) is 12.3. The summed E-state index contributed by atoms with van der Waals surface area (Å²) in [4.78, 5) is 20.8. The molecule has 4 aromatic rings. The van der Waals surface area contributed by atoms with Crippen LogP contribution in [0.25, 0.3) is 17.0 Å². The van der Waals surface area contributed by atoms with Gasteiger partial charge in [-0.3, -0.25) is 14.9 Å². The number of benzene rings is 2. The summed E-state index contributed by atoms with van der Waals surface area (Å²) in [6, 6.07) is 15.0. The van der Waals surface area contributed by atoms with Gasteiger partial charge in [-0.25, -0.2) is 5.48 Å². The molecule has 2 heterocycles. The van der Waals surface area contributed by atoms with Gasteiger partial charge in [0.1, 0.15) is 0 Å². The summed E-state index contributed by atoms with van der Waals surface area (Å²) in [7, 11) is 0. The van der Waals surface area contributed by atoms with Gasteiger partial charge in [0.25, 0.3) is 5.91 Å². The van der Waals surface area contributed by atoms with E-state index in [-0.39, 0.29) is 0 Å². The third-order valence-electron chi connectivity index (χ3n) is 7.22. The fourth-order valence-electron chi connectivity index (χ4n) is 5.45. The summed E-state index contributed by atoms with van der Waals surface area (Å²) >= 11 is 6.18. The number of rotatable bonds is 8. The summed E-state index contributed by atoms with van der Waals surface area (Å²) in [6.45, 7) is 6.07. The van der Waals surface area contributed by atoms with E-state index in [1.807, 2.05) is 18.2 Å². The summed E-state index contributed by atoms with van der Waals surface area (Å²) in [6.07, 6.45) is 8.17. The van der Waals surface area contributed by atoms with Crippen molar-refractivity contribution < 1.29 is 10.0 Å². The van der Waals surface area contributed by atoms with E-state index >= 15 is 0 Å². The van der Waals surface area contributed by atoms with Crippen LogP contribution in [0.5, 0.6) is 0 Å². The molecule has 1 aliphatic carbocycles. The highest BCUT2D eigenvalue weighted by Gasteiger charge is 2.28. The van der Waals surface area contributed by atoms with Gasteiger partial charge >= 0.3 is 0 Å². The number of halogens is 1. The molecule has 186 valence electrons. The number of amides is 1. The number of hydrogen-bond donors (Lipinski definition) is 4. The summed E-state index contributed by atoms with van der Waals surface area (Å²) in [5, 5.41) is 10.7. The third-order valence-corrected chi connectivity index (χ3v) is 7.45. The molecular formula is C29H31ClN4O2. The largest absolute Gasteiger partial charge is 0.362 e. The predicted octanol–water partition coefficient (Wildman–Crippen LogP) is 6.02. The van der Waals surface area contributed by atoms with Gasteiger partial charge in [0, 0.05) is 58.7 Å². The van der Waals surface area contributed by atoms with Crippen molar-refractivity contribution in [3.05, 3.63) is 99.0 Å². The first-order valence-corrected chi connectivity index (χ1v) is 12.7. The fraction of sp³-hybridized carbons (Fsp3) is 0.276. The van der Waals surface area contributed by atoms with Crippen LogP contribution in [-0.2, 0) is 24.2 Å². The fourth-order valence-corrected chi connectivity index (χ4v) is 5.62. The summed E-state index contributed by atoms with van der Waals surface area (Å²) in [5.74, 6) is -0.531. The maximum absolute atomic E-state index is 11.4. The minimum Gasteiger partial charge on any atom is -0.362 e. The predicted molar refractivity (Wildman–Crippen MR) is 144 cm³/mol. The molecule has 6 nitrogen and oxygen atoms in total. The Kier molecular flexibility index (Phi) is 7.01. The van der Waals surface area contributed by atoms with Crippen molar-refractivity contribution in [2.75, 3.05) is 6.54 Å². The lowest BCUT2D eigenvalue weighted by Crippen LogP contribution is -2.29. The highest BCUT2D eigenvalue weighted by molar-refractivity contribution is 6.31. The molecule has 1 amide bonds. The molecule has 0 saturated heterocycles. The minimum atomic E-state index is -0.531. The third kappa shape index (κ3) is 5.12. The molecule has 0 spiro atoms. The van der Waals surface area contributed by atoms with Crippen molar-refractivity contribution in [2.45, 2.75) is 45.7 Å². The number of hydrogen-bond acceptors (Lipinski definition) is 3. The maximum Gasteiger partial charge on any atom is 0.267 e. The smallest absolute Gasteiger partial charge is 0.267 e. The second-order valence-corrected chi connectivity index (χ2v) is 10.1. The van der Waals surface area contributed by atoms with Crippen LogP contribution in [0.3, 0.4) is 0 Å². The van der Waals surface area contributed by atoms with Crippen LogP contribution in [0.15, 0.2) is 54.7 Å². The van der Waals surface area contributed by atoms with Crippen LogP contribution >= 0.6 is 11.6 Å². The molecule has 36 heavy (non-hydrogen) atoms. The van der Waals surface area contributed by atoms with Crippen molar-refractivity contribution >= 4 is 34.5 Å². The van der Waals surface area contributed by atoms with Crippen LogP contribution in [0.1, 0.15) is 51.7 Å². The van der Waals surface area contributed by atoms with Gasteiger partial charge in [-0.1, -0.05) is 35.9 Å². The Morgan fingerprint density at radius 2 is 2.06 bits per heavy atom. The number of H-pyrrole nitrogens is 2. The lowest BCUT2D eigenvalue weighted by Gasteiger charge is -2.30. The van der Waals surface area contributed by atoms with E-state index in [4.69, 9.17) is 16.8 Å². The molecule has 0 radical (unpaired) electrons. The molecule has 1 aliphatic rings. The highest BCUT2D eigenvalue weighted by atomic mass is 35.5. The zero-order valence-electron chi connectivity index (χ0n) is 20.6. The lowest BCUT2D eigenvalue weighted by molar-refractivity contribution is -0.124. The monoisotopic (exact) mass is 502 g/mol. The number of fused-ring (bicyclic) bond motifs is 2. The molecular weight excluding hydrogens is 472 g/mol. The molecule has 1 atom stereocenters. The van der Waals surface area contributed by atoms with E-state index < -0.39 is 5.91 Å². The van der Waals surface area contributed by atoms with E-state index in [1.54, 1.807) is 11.6 Å². The van der Waals surface area contributed by atoms with Crippen molar-refractivity contribution in [1.29, 1.82) is 0 Å². The Morgan fingerprint density at radius 1 is 1.19 bits per heavy atom. The molecule has 2 aromatic carbocycles. The van der Waals surface area contributed by atoms with E-state index in [9.17, 15) is 4.79 Å². The van der Waals surface area contributed by atoms with E-state index in [0.29, 0.717) is 6.04 Å². The Hall–Kier alpha value is -3.32. The van der Waals surface area contributed by atoms with Gasteiger partial charge in [0.05, 0.1) is 0 Å². The van der Waals surface area contributed by atoms with Gasteiger partial charge in [-0.15, -0.1) is 0 Å². The second-order valence-electron chi connectivity index (χ2n) is 9.65. The quantitative estimate of drug-likeness (QED) is 0.135. The van der Waals surface area contributed by atoms with Gasteiger partial charge in [0.15, 0.2) is 0 Å². The van der Waals surface area contributed by atoms with Crippen molar-refractivity contribution in [2.24, 2.45) is 0 Å². The molecule has 1 unspecified atom stereocenters. The molecule has 7 heteroatoms. The standard InChI is InChI=1S/C29H31ClN4O2/c1-18-13-23(19(2)32-18)17-34(12-11-22-16-31-27-15-24(30)6-8-25(22)27)28-9-5-21-14-20(3-7-26(21)28)4-10-29(35)33-36/h3-4,6-8,10,13-16,28,31-32,36H,5,9,11-12,17H2,1-2H3,(H,33,35)/b10-4+. The Labute approximate surface area is 215 Å². The molecule has 5 rings (SSSR count). The van der Waals surface area contributed by atoms with Gasteiger partial charge in [0.2, 0.25) is 0 Å². The second kappa shape index (κ2) is 10.3. The van der Waals surface area contributed by atoms with Crippen molar-refractivity contribution in [1.82, 2.24) is 20.3 Å². The summed E-state index contributed by atoms with van der Waals surface area (Å²) < 4.78 is 0. The highest BCUT2D eigenvalue weighted by Crippen LogP contribution is 2.38. The first-order chi connectivity index (χ1) is 17.4. The molecule has 4 N–H and O–H groups in total.